The smallest absolute Gasteiger partial charge is 0.00933 e. The quantitative estimate of drug-likeness (QED) is 0.469. The fourth-order valence-corrected chi connectivity index (χ4v) is 10.9. The van der Waals surface area contributed by atoms with E-state index in [1.165, 1.54) is 70.6 Å². The summed E-state index contributed by atoms with van der Waals surface area (Å²) in [5.41, 5.74) is 9.29. The minimum atomic E-state index is 0.308. The first-order valence-corrected chi connectivity index (χ1v) is 12.7. The van der Waals surface area contributed by atoms with E-state index in [1.807, 2.05) is 0 Å². The van der Waals surface area contributed by atoms with Gasteiger partial charge in [-0.15, -0.1) is 0 Å². The zero-order chi connectivity index (χ0) is 20.2. The normalized spacial score (nSPS) is 60.3. The summed E-state index contributed by atoms with van der Waals surface area (Å²) in [5, 5.41) is 0. The Morgan fingerprint density at radius 2 is 1.36 bits per heavy atom. The van der Waals surface area contributed by atoms with Crippen LogP contribution in [0.4, 0.5) is 0 Å². The van der Waals surface area contributed by atoms with Crippen molar-refractivity contribution in [2.75, 3.05) is 0 Å². The molecule has 5 aliphatic rings. The Morgan fingerprint density at radius 1 is 0.607 bits per heavy atom. The molecule has 0 radical (unpaired) electrons. The first kappa shape index (κ1) is 19.9. The lowest BCUT2D eigenvalue weighted by atomic mass is 9.32. The molecular weight excluding hydrogens is 338 g/mol. The number of hydrogen-bond acceptors (Lipinski definition) is 1. The highest BCUT2D eigenvalue weighted by Crippen LogP contribution is 2.76. The second-order valence-electron chi connectivity index (χ2n) is 13.8. The van der Waals surface area contributed by atoms with Crippen molar-refractivity contribution in [2.45, 2.75) is 118 Å². The van der Waals surface area contributed by atoms with Crippen molar-refractivity contribution in [2.24, 2.45) is 56.5 Å². The van der Waals surface area contributed by atoms with E-state index in [-0.39, 0.29) is 0 Å². The maximum Gasteiger partial charge on any atom is 0.00933 e. The van der Waals surface area contributed by atoms with Crippen molar-refractivity contribution in [3.8, 4) is 0 Å². The summed E-state index contributed by atoms with van der Waals surface area (Å²) in [6.45, 7) is 15.9. The van der Waals surface area contributed by atoms with Crippen molar-refractivity contribution >= 4 is 0 Å². The first-order valence-electron chi connectivity index (χ1n) is 12.7. The van der Waals surface area contributed by atoms with Gasteiger partial charge in [-0.1, -0.05) is 48.0 Å². The Bertz CT molecular complexity index is 653. The zero-order valence-corrected chi connectivity index (χ0v) is 19.7. The standard InChI is InChI=1S/C27H47N/c1-23(2)20-11-15-27(6)21(25(20,4)14-12-22(23)28)10-9-19-18-8-7-13-24(18,3)16-17-26(19,27)5/h18-22H,7-17,28H2,1-6H3/t18?,19?,20?,21?,22?,24?,25?,26-,27?/m1/s1. The van der Waals surface area contributed by atoms with Crippen LogP contribution in [0.3, 0.4) is 0 Å². The molecule has 0 aromatic heterocycles. The van der Waals surface area contributed by atoms with E-state index < -0.39 is 0 Å². The second kappa shape index (κ2) is 5.80. The van der Waals surface area contributed by atoms with Crippen molar-refractivity contribution < 1.29 is 0 Å². The van der Waals surface area contributed by atoms with Crippen molar-refractivity contribution in [3.05, 3.63) is 0 Å². The molecule has 0 spiro atoms. The molecule has 5 saturated carbocycles. The van der Waals surface area contributed by atoms with Gasteiger partial charge in [0.15, 0.2) is 0 Å². The van der Waals surface area contributed by atoms with Crippen LogP contribution in [0.25, 0.3) is 0 Å². The van der Waals surface area contributed by atoms with Gasteiger partial charge in [0.2, 0.25) is 0 Å². The Hall–Kier alpha value is -0.0400. The molecule has 9 atom stereocenters. The van der Waals surface area contributed by atoms with Gasteiger partial charge in [-0.25, -0.2) is 0 Å². The maximum absolute atomic E-state index is 6.68. The van der Waals surface area contributed by atoms with Crippen LogP contribution < -0.4 is 5.73 Å². The summed E-state index contributed by atoms with van der Waals surface area (Å²) in [4.78, 5) is 0. The van der Waals surface area contributed by atoms with Crippen molar-refractivity contribution in [3.63, 3.8) is 0 Å². The van der Waals surface area contributed by atoms with Gasteiger partial charge in [-0.05, 0) is 115 Å². The van der Waals surface area contributed by atoms with Gasteiger partial charge < -0.3 is 5.73 Å². The van der Waals surface area contributed by atoms with E-state index in [1.54, 1.807) is 0 Å². The molecule has 0 saturated heterocycles. The van der Waals surface area contributed by atoms with E-state index in [2.05, 4.69) is 41.5 Å². The lowest BCUT2D eigenvalue weighted by molar-refractivity contribution is -0.234. The van der Waals surface area contributed by atoms with Crippen LogP contribution in [0.1, 0.15) is 112 Å². The van der Waals surface area contributed by atoms with Gasteiger partial charge in [0.1, 0.15) is 0 Å². The Kier molecular flexibility index (Phi) is 4.12. The summed E-state index contributed by atoms with van der Waals surface area (Å²) in [5.74, 6) is 3.75. The molecule has 5 aliphatic carbocycles. The van der Waals surface area contributed by atoms with Gasteiger partial charge in [0, 0.05) is 6.04 Å². The molecule has 0 bridgehead atoms. The third-order valence-corrected chi connectivity index (χ3v) is 12.9. The molecule has 0 heterocycles. The number of nitrogens with two attached hydrogens (primary N) is 1. The summed E-state index contributed by atoms with van der Waals surface area (Å²) in [6, 6.07) is 0.399. The molecule has 5 rings (SSSR count). The summed E-state index contributed by atoms with van der Waals surface area (Å²) >= 11 is 0. The molecule has 28 heavy (non-hydrogen) atoms. The molecule has 5 fully saturated rings. The third kappa shape index (κ3) is 2.19. The molecule has 1 heteroatoms. The summed E-state index contributed by atoms with van der Waals surface area (Å²) < 4.78 is 0. The summed E-state index contributed by atoms with van der Waals surface area (Å²) in [7, 11) is 0. The zero-order valence-electron chi connectivity index (χ0n) is 19.7. The Balaban J connectivity index is 1.53. The van der Waals surface area contributed by atoms with Crippen LogP contribution in [0.15, 0.2) is 0 Å². The largest absolute Gasteiger partial charge is 0.327 e. The number of hydrogen-bond donors (Lipinski definition) is 1. The molecule has 0 aliphatic heterocycles. The summed E-state index contributed by atoms with van der Waals surface area (Å²) in [6.07, 6.45) is 16.1. The molecule has 0 aromatic rings. The van der Waals surface area contributed by atoms with Crippen LogP contribution >= 0.6 is 0 Å². The van der Waals surface area contributed by atoms with Crippen LogP contribution in [0.2, 0.25) is 0 Å². The van der Waals surface area contributed by atoms with Crippen LogP contribution in [-0.4, -0.2) is 6.04 Å². The van der Waals surface area contributed by atoms with E-state index >= 15 is 0 Å². The molecule has 160 valence electrons. The maximum atomic E-state index is 6.68. The van der Waals surface area contributed by atoms with Gasteiger partial charge in [0.25, 0.3) is 0 Å². The highest BCUT2D eigenvalue weighted by molar-refractivity contribution is 5.18. The lowest BCUT2D eigenvalue weighted by Crippen LogP contribution is -2.66. The van der Waals surface area contributed by atoms with E-state index in [9.17, 15) is 0 Å². The van der Waals surface area contributed by atoms with Crippen LogP contribution in [-0.2, 0) is 0 Å². The topological polar surface area (TPSA) is 26.0 Å². The predicted octanol–water partition coefficient (Wildman–Crippen LogP) is 7.19. The Labute approximate surface area is 175 Å². The third-order valence-electron chi connectivity index (χ3n) is 12.9. The molecule has 0 amide bonds. The van der Waals surface area contributed by atoms with Gasteiger partial charge >= 0.3 is 0 Å². The average molecular weight is 386 g/mol. The van der Waals surface area contributed by atoms with Gasteiger partial charge in [-0.2, -0.15) is 0 Å². The molecule has 0 aromatic carbocycles. The van der Waals surface area contributed by atoms with Crippen LogP contribution in [0.5, 0.6) is 0 Å². The Morgan fingerprint density at radius 3 is 2.11 bits per heavy atom. The number of fused-ring (bicyclic) bond motifs is 7. The molecular formula is C27H47N. The SMILES string of the molecule is CC12CCCC1C1CCC3C4(C)CCC(N)C(C)(C)C4CCC3(C)[C@]1(C)CC2. The predicted molar refractivity (Wildman–Crippen MR) is 119 cm³/mol. The van der Waals surface area contributed by atoms with E-state index in [4.69, 9.17) is 5.73 Å². The highest BCUT2D eigenvalue weighted by Gasteiger charge is 2.69. The first-order chi connectivity index (χ1) is 13.0. The van der Waals surface area contributed by atoms with E-state index in [0.29, 0.717) is 33.1 Å². The number of rotatable bonds is 0. The van der Waals surface area contributed by atoms with E-state index in [0.717, 1.165) is 23.7 Å². The minimum Gasteiger partial charge on any atom is -0.327 e. The monoisotopic (exact) mass is 385 g/mol. The fourth-order valence-electron chi connectivity index (χ4n) is 10.9. The second-order valence-corrected chi connectivity index (χ2v) is 13.8. The molecule has 2 N–H and O–H groups in total. The van der Waals surface area contributed by atoms with Gasteiger partial charge in [-0.3, -0.25) is 0 Å². The van der Waals surface area contributed by atoms with Crippen LogP contribution in [0, 0.1) is 50.7 Å². The highest BCUT2D eigenvalue weighted by atomic mass is 14.8. The molecule has 1 nitrogen and oxygen atoms in total. The average Bonchev–Trinajstić information content (AvgIpc) is 3.01. The minimum absolute atomic E-state index is 0.308. The van der Waals surface area contributed by atoms with Gasteiger partial charge in [0.05, 0.1) is 0 Å². The van der Waals surface area contributed by atoms with Crippen molar-refractivity contribution in [1.82, 2.24) is 0 Å². The lowest BCUT2D eigenvalue weighted by Gasteiger charge is -2.72. The van der Waals surface area contributed by atoms with Crippen molar-refractivity contribution in [1.29, 1.82) is 0 Å². The fraction of sp³-hybridized carbons (Fsp3) is 1.00. The molecule has 8 unspecified atom stereocenters.